The number of benzene rings is 4. The van der Waals surface area contributed by atoms with E-state index in [1.54, 1.807) is 0 Å². The molecule has 0 spiro atoms. The van der Waals surface area contributed by atoms with E-state index in [4.69, 9.17) is 28.9 Å². The predicted molar refractivity (Wildman–Crippen MR) is 208 cm³/mol. The van der Waals surface area contributed by atoms with Gasteiger partial charge in [-0.25, -0.2) is 31.9 Å². The molecular weight excluding hydrogens is 809 g/mol. The SMILES string of the molecule is COC(=O)c1ccc(CN(C(=O)N2CC[C@@H](O)C2)c2ccc(F)c(Cl)c2)c(F)c1.NCC(=O)c1ccc(CN(C(=O)N2CC[C@@H](O)C2)c2ccc(F)c(Cl)c2)c(F)c1. The number of ketones is 1. The molecule has 6 rings (SSSR count). The number of likely N-dealkylation sites (tertiary alicyclic amines) is 2. The van der Waals surface area contributed by atoms with Crippen LogP contribution in [0.4, 0.5) is 38.5 Å². The lowest BCUT2D eigenvalue weighted by Gasteiger charge is -2.28. The molecule has 4 aromatic carbocycles. The Kier molecular flexibility index (Phi) is 14.7. The Hall–Kier alpha value is -5.26. The third-order valence-electron chi connectivity index (χ3n) is 9.45. The van der Waals surface area contributed by atoms with Gasteiger partial charge in [-0.15, -0.1) is 0 Å². The standard InChI is InChI=1S/C20H20ClF2N3O3.C20H19ClF2N2O4/c21-16-8-14(3-4-17(16)22)26(20(29)25-6-5-15(27)11-25)10-13-2-1-12(7-18(13)23)19(28)9-24;1-29-19(27)12-2-3-13(18(23)8-12)10-25(14-4-5-17(22)16(21)9-14)20(28)24-7-6-15(26)11-24/h1-4,7-8,15,27H,5-6,9-11,24H2;2-5,8-9,15,26H,6-7,10-11H2,1H3/t2*15-/m11/s1. The quantitative estimate of drug-likeness (QED) is 0.0973. The fourth-order valence-corrected chi connectivity index (χ4v) is 6.59. The van der Waals surface area contributed by atoms with Crippen LogP contribution in [0.1, 0.15) is 44.7 Å². The first kappa shape index (κ1) is 43.9. The molecule has 4 amide bonds. The number of amides is 4. The number of rotatable bonds is 9. The second-order valence-corrected chi connectivity index (χ2v) is 14.3. The van der Waals surface area contributed by atoms with Crippen molar-refractivity contribution < 1.29 is 51.7 Å². The maximum atomic E-state index is 14.6. The fourth-order valence-electron chi connectivity index (χ4n) is 6.25. The number of anilines is 2. The highest BCUT2D eigenvalue weighted by atomic mass is 35.5. The van der Waals surface area contributed by atoms with Crippen molar-refractivity contribution in [3.63, 3.8) is 0 Å². The number of halogens is 6. The van der Waals surface area contributed by atoms with E-state index in [-0.39, 0.29) is 76.4 Å². The average Bonchev–Trinajstić information content (AvgIpc) is 3.86. The highest BCUT2D eigenvalue weighted by Crippen LogP contribution is 2.29. The number of Topliss-reactive ketones (excluding diaryl/α,β-unsaturated/α-hetero) is 1. The van der Waals surface area contributed by atoms with E-state index in [0.29, 0.717) is 25.9 Å². The van der Waals surface area contributed by atoms with E-state index >= 15 is 0 Å². The molecule has 0 bridgehead atoms. The van der Waals surface area contributed by atoms with Crippen molar-refractivity contribution in [1.82, 2.24) is 9.80 Å². The van der Waals surface area contributed by atoms with Crippen molar-refractivity contribution in [3.8, 4) is 0 Å². The van der Waals surface area contributed by atoms with E-state index in [9.17, 15) is 47.0 Å². The smallest absolute Gasteiger partial charge is 0.337 e. The van der Waals surface area contributed by atoms with Gasteiger partial charge in [0.15, 0.2) is 5.78 Å². The molecular formula is C40H39Cl2F4N5O7. The summed E-state index contributed by atoms with van der Waals surface area (Å²) in [6.07, 6.45) is -0.385. The molecule has 2 aliphatic heterocycles. The van der Waals surface area contributed by atoms with Gasteiger partial charge in [0, 0.05) is 54.2 Å². The molecule has 308 valence electrons. The summed E-state index contributed by atoms with van der Waals surface area (Å²) in [5.74, 6) is -3.74. The minimum absolute atomic E-state index is 0.0409. The normalized spacial score (nSPS) is 16.1. The molecule has 4 aromatic rings. The number of methoxy groups -OCH3 is 1. The first-order valence-electron chi connectivity index (χ1n) is 17.9. The van der Waals surface area contributed by atoms with E-state index in [0.717, 1.165) is 24.3 Å². The molecule has 4 N–H and O–H groups in total. The Morgan fingerprint density at radius 2 is 1.12 bits per heavy atom. The van der Waals surface area contributed by atoms with Crippen LogP contribution in [-0.2, 0) is 17.8 Å². The summed E-state index contributed by atoms with van der Waals surface area (Å²) in [5.41, 5.74) is 6.34. The minimum atomic E-state index is -0.694. The summed E-state index contributed by atoms with van der Waals surface area (Å²) >= 11 is 11.7. The molecule has 58 heavy (non-hydrogen) atoms. The Balaban J connectivity index is 0.000000221. The van der Waals surface area contributed by atoms with Gasteiger partial charge in [0.2, 0.25) is 0 Å². The Labute approximate surface area is 340 Å². The van der Waals surface area contributed by atoms with Gasteiger partial charge in [0.1, 0.15) is 23.3 Å². The highest BCUT2D eigenvalue weighted by molar-refractivity contribution is 6.31. The zero-order valence-electron chi connectivity index (χ0n) is 31.0. The lowest BCUT2D eigenvalue weighted by molar-refractivity contribution is 0.0600. The monoisotopic (exact) mass is 847 g/mol. The molecule has 2 fully saturated rings. The number of carbonyl (C=O) groups excluding carboxylic acids is 4. The van der Waals surface area contributed by atoms with Crippen LogP contribution in [0.25, 0.3) is 0 Å². The Morgan fingerprint density at radius 3 is 1.48 bits per heavy atom. The summed E-state index contributed by atoms with van der Waals surface area (Å²) in [6, 6.07) is 14.3. The molecule has 18 heteroatoms. The first-order chi connectivity index (χ1) is 27.6. The number of esters is 1. The van der Waals surface area contributed by atoms with Gasteiger partial charge in [0.05, 0.1) is 54.6 Å². The molecule has 0 aliphatic carbocycles. The van der Waals surface area contributed by atoms with Crippen LogP contribution in [0.2, 0.25) is 10.0 Å². The van der Waals surface area contributed by atoms with Crippen LogP contribution in [0.15, 0.2) is 72.8 Å². The molecule has 2 heterocycles. The zero-order valence-corrected chi connectivity index (χ0v) is 32.5. The molecule has 0 radical (unpaired) electrons. The highest BCUT2D eigenvalue weighted by Gasteiger charge is 2.31. The number of hydrogen-bond acceptors (Lipinski definition) is 8. The number of aliphatic hydroxyl groups excluding tert-OH is 2. The second-order valence-electron chi connectivity index (χ2n) is 13.4. The number of ether oxygens (including phenoxy) is 1. The van der Waals surface area contributed by atoms with Gasteiger partial charge >= 0.3 is 18.0 Å². The maximum absolute atomic E-state index is 14.6. The third kappa shape index (κ3) is 10.6. The van der Waals surface area contributed by atoms with E-state index in [2.05, 4.69) is 4.74 Å². The van der Waals surface area contributed by atoms with E-state index in [1.165, 1.54) is 75.2 Å². The van der Waals surface area contributed by atoms with Crippen LogP contribution in [0, 0.1) is 23.3 Å². The first-order valence-corrected chi connectivity index (χ1v) is 18.6. The molecule has 0 saturated carbocycles. The number of nitrogens with two attached hydrogens (primary N) is 1. The second kappa shape index (κ2) is 19.5. The average molecular weight is 849 g/mol. The molecule has 2 atom stereocenters. The fraction of sp³-hybridized carbons (Fsp3) is 0.300. The van der Waals surface area contributed by atoms with Crippen molar-refractivity contribution in [2.75, 3.05) is 49.6 Å². The van der Waals surface area contributed by atoms with Gasteiger partial charge in [-0.3, -0.25) is 14.6 Å². The molecule has 2 saturated heterocycles. The number of nitrogens with zero attached hydrogens (tertiary/aromatic N) is 4. The van der Waals surface area contributed by atoms with Crippen LogP contribution >= 0.6 is 23.2 Å². The van der Waals surface area contributed by atoms with Crippen molar-refractivity contribution in [2.45, 2.75) is 38.1 Å². The summed E-state index contributed by atoms with van der Waals surface area (Å²) in [5, 5.41) is 19.1. The summed E-state index contributed by atoms with van der Waals surface area (Å²) in [4.78, 5) is 54.7. The molecule has 0 aromatic heterocycles. The zero-order chi connectivity index (χ0) is 42.3. The van der Waals surface area contributed by atoms with Gasteiger partial charge in [-0.05, 0) is 67.4 Å². The Bertz CT molecular complexity index is 2030. The van der Waals surface area contributed by atoms with Gasteiger partial charge < -0.3 is 30.5 Å². The topological polar surface area (TPSA) is 157 Å². The molecule has 12 nitrogen and oxygen atoms in total. The van der Waals surface area contributed by atoms with Crippen LogP contribution < -0.4 is 15.5 Å². The Morgan fingerprint density at radius 1 is 0.690 bits per heavy atom. The van der Waals surface area contributed by atoms with Gasteiger partial charge in [-0.1, -0.05) is 41.4 Å². The number of urea groups is 2. The van der Waals surface area contributed by atoms with Crippen molar-refractivity contribution in [1.29, 1.82) is 0 Å². The molecule has 0 unspecified atom stereocenters. The van der Waals surface area contributed by atoms with Gasteiger partial charge in [0.25, 0.3) is 0 Å². The summed E-state index contributed by atoms with van der Waals surface area (Å²) in [7, 11) is 1.19. The maximum Gasteiger partial charge on any atom is 0.337 e. The lowest BCUT2D eigenvalue weighted by atomic mass is 10.1. The number of carbonyl (C=O) groups is 4. The van der Waals surface area contributed by atoms with Crippen LogP contribution in [-0.4, -0.2) is 95.9 Å². The van der Waals surface area contributed by atoms with E-state index < -0.39 is 59.3 Å². The third-order valence-corrected chi connectivity index (χ3v) is 10.0. The largest absolute Gasteiger partial charge is 0.465 e. The van der Waals surface area contributed by atoms with Crippen LogP contribution in [0.5, 0.6) is 0 Å². The van der Waals surface area contributed by atoms with Crippen molar-refractivity contribution in [2.24, 2.45) is 5.73 Å². The minimum Gasteiger partial charge on any atom is -0.465 e. The predicted octanol–water partition coefficient (Wildman–Crippen LogP) is 6.55. The number of aliphatic hydroxyl groups is 2. The van der Waals surface area contributed by atoms with E-state index in [1.807, 2.05) is 0 Å². The lowest BCUT2D eigenvalue weighted by Crippen LogP contribution is -2.42. The van der Waals surface area contributed by atoms with Gasteiger partial charge in [-0.2, -0.15) is 0 Å². The van der Waals surface area contributed by atoms with Crippen molar-refractivity contribution in [3.05, 3.63) is 128 Å². The number of hydrogen-bond donors (Lipinski definition) is 3. The summed E-state index contributed by atoms with van der Waals surface area (Å²) in [6.45, 7) is 0.392. The number of β-amino-alcohol motifs (C(OH)–C–C–N with tert-alkyl or cyclic N) is 2. The van der Waals surface area contributed by atoms with Crippen LogP contribution in [0.3, 0.4) is 0 Å². The summed E-state index contributed by atoms with van der Waals surface area (Å²) < 4.78 is 60.9. The molecule has 2 aliphatic rings. The van der Waals surface area contributed by atoms with Crippen molar-refractivity contribution >= 4 is 58.4 Å².